The number of amides is 1. The molecule has 2 fully saturated rings. The minimum Gasteiger partial charge on any atom is -0.497 e. The van der Waals surface area contributed by atoms with Crippen molar-refractivity contribution in [2.75, 3.05) is 12.9 Å². The molecule has 2 aromatic carbocycles. The highest BCUT2D eigenvalue weighted by Gasteiger charge is 2.50. The molecule has 0 bridgehead atoms. The minimum atomic E-state index is -0.152. The fraction of sp³-hybridized carbons (Fsp3) is 0.263. The minimum absolute atomic E-state index is 0.103. The van der Waals surface area contributed by atoms with Crippen molar-refractivity contribution in [3.8, 4) is 5.75 Å². The lowest BCUT2D eigenvalue weighted by Crippen LogP contribution is -2.33. The van der Waals surface area contributed by atoms with Gasteiger partial charge in [0, 0.05) is 5.75 Å². The van der Waals surface area contributed by atoms with Crippen molar-refractivity contribution in [2.45, 2.75) is 18.0 Å². The van der Waals surface area contributed by atoms with Crippen LogP contribution in [-0.4, -0.2) is 39.7 Å². The Bertz CT molecular complexity index is 795. The van der Waals surface area contributed by atoms with Crippen molar-refractivity contribution in [1.82, 2.24) is 9.80 Å². The third kappa shape index (κ3) is 2.89. The van der Waals surface area contributed by atoms with Crippen LogP contribution < -0.4 is 4.74 Å². The predicted octanol–water partition coefficient (Wildman–Crippen LogP) is 3.44. The molecule has 2 aromatic rings. The van der Waals surface area contributed by atoms with E-state index in [0.29, 0.717) is 11.7 Å². The molecule has 2 aliphatic heterocycles. The Morgan fingerprint density at radius 2 is 1.88 bits per heavy atom. The molecule has 0 N–H and O–H groups in total. The number of hydrogen-bond acceptors (Lipinski definition) is 4. The van der Waals surface area contributed by atoms with Crippen molar-refractivity contribution in [1.29, 1.82) is 0 Å². The molecule has 2 atom stereocenters. The molecule has 6 heteroatoms. The highest BCUT2D eigenvalue weighted by Crippen LogP contribution is 2.45. The average Bonchev–Trinajstić information content (AvgIpc) is 3.19. The highest BCUT2D eigenvalue weighted by atomic mass is 32.2. The summed E-state index contributed by atoms with van der Waals surface area (Å²) in [6.07, 6.45) is 0. The van der Waals surface area contributed by atoms with Gasteiger partial charge in [-0.3, -0.25) is 9.69 Å². The number of carbonyl (C=O) groups is 1. The number of carbonyl (C=O) groups excluding carboxylic acids is 1. The lowest BCUT2D eigenvalue weighted by Gasteiger charge is -2.25. The number of fused-ring (bicyclic) bond motifs is 1. The van der Waals surface area contributed by atoms with Gasteiger partial charge in [0.2, 0.25) is 0 Å². The topological polar surface area (TPSA) is 32.8 Å². The first-order valence-electron chi connectivity index (χ1n) is 8.12. The number of nitrogens with zero attached hydrogens (tertiary/aromatic N) is 2. The molecule has 1 amide bonds. The van der Waals surface area contributed by atoms with E-state index in [4.69, 9.17) is 17.0 Å². The first-order chi connectivity index (χ1) is 12.2. The second-order valence-electron chi connectivity index (χ2n) is 6.07. The largest absolute Gasteiger partial charge is 0.497 e. The third-order valence-electron chi connectivity index (χ3n) is 4.59. The Morgan fingerprint density at radius 1 is 1.16 bits per heavy atom. The van der Waals surface area contributed by atoms with E-state index in [1.54, 1.807) is 23.8 Å². The van der Waals surface area contributed by atoms with Crippen LogP contribution in [0.5, 0.6) is 5.75 Å². The maximum atomic E-state index is 12.9. The van der Waals surface area contributed by atoms with Gasteiger partial charge in [-0.15, -0.1) is 11.8 Å². The van der Waals surface area contributed by atoms with Crippen LogP contribution in [-0.2, 0) is 11.3 Å². The second-order valence-corrected chi connectivity index (χ2v) is 7.55. The van der Waals surface area contributed by atoms with Crippen LogP contribution in [0.2, 0.25) is 0 Å². The molecule has 1 unspecified atom stereocenters. The SMILES string of the molecule is COc1ccc(CN2C(=O)[C@@H]3CSC(c4ccccc4)N3C2=S)cc1. The number of benzene rings is 2. The Hall–Kier alpha value is -2.05. The summed E-state index contributed by atoms with van der Waals surface area (Å²) in [5.74, 6) is 1.68. The van der Waals surface area contributed by atoms with E-state index >= 15 is 0 Å². The van der Waals surface area contributed by atoms with Gasteiger partial charge >= 0.3 is 0 Å². The van der Waals surface area contributed by atoms with E-state index in [-0.39, 0.29) is 17.3 Å². The Morgan fingerprint density at radius 3 is 2.56 bits per heavy atom. The molecule has 4 rings (SSSR count). The number of methoxy groups -OCH3 is 1. The summed E-state index contributed by atoms with van der Waals surface area (Å²) in [5, 5.41) is 0.744. The van der Waals surface area contributed by atoms with Gasteiger partial charge in [0.1, 0.15) is 17.2 Å². The van der Waals surface area contributed by atoms with Crippen molar-refractivity contribution in [3.63, 3.8) is 0 Å². The fourth-order valence-corrected chi connectivity index (χ4v) is 5.16. The van der Waals surface area contributed by atoms with Crippen LogP contribution >= 0.6 is 24.0 Å². The molecule has 2 saturated heterocycles. The predicted molar refractivity (Wildman–Crippen MR) is 103 cm³/mol. The van der Waals surface area contributed by atoms with E-state index in [9.17, 15) is 4.79 Å². The number of ether oxygens (including phenoxy) is 1. The average molecular weight is 370 g/mol. The molecule has 0 aromatic heterocycles. The van der Waals surface area contributed by atoms with E-state index in [2.05, 4.69) is 17.0 Å². The molecule has 0 spiro atoms. The van der Waals surface area contributed by atoms with Crippen LogP contribution in [0.25, 0.3) is 0 Å². The normalized spacial score (nSPS) is 22.4. The first kappa shape index (κ1) is 16.4. The summed E-state index contributed by atoms with van der Waals surface area (Å²) in [5.41, 5.74) is 2.23. The molecule has 0 saturated carbocycles. The maximum Gasteiger partial charge on any atom is 0.252 e. The number of rotatable bonds is 4. The Kier molecular flexibility index (Phi) is 4.39. The molecule has 4 nitrogen and oxygen atoms in total. The number of hydrogen-bond donors (Lipinski definition) is 0. The molecule has 2 heterocycles. The molecular weight excluding hydrogens is 352 g/mol. The monoisotopic (exact) mass is 370 g/mol. The Balaban J connectivity index is 1.56. The van der Waals surface area contributed by atoms with Gasteiger partial charge < -0.3 is 9.64 Å². The quantitative estimate of drug-likeness (QED) is 0.770. The van der Waals surface area contributed by atoms with Crippen molar-refractivity contribution in [3.05, 3.63) is 65.7 Å². The van der Waals surface area contributed by atoms with Gasteiger partial charge in [-0.1, -0.05) is 42.5 Å². The fourth-order valence-electron chi connectivity index (χ4n) is 3.28. The zero-order chi connectivity index (χ0) is 17.4. The van der Waals surface area contributed by atoms with Crippen LogP contribution in [0, 0.1) is 0 Å². The molecule has 25 heavy (non-hydrogen) atoms. The molecule has 0 aliphatic carbocycles. The van der Waals surface area contributed by atoms with Crippen LogP contribution in [0.1, 0.15) is 16.5 Å². The van der Waals surface area contributed by atoms with Crippen LogP contribution in [0.15, 0.2) is 54.6 Å². The van der Waals surface area contributed by atoms with E-state index < -0.39 is 0 Å². The smallest absolute Gasteiger partial charge is 0.252 e. The summed E-state index contributed by atoms with van der Waals surface area (Å²) in [6, 6.07) is 17.9. The zero-order valence-electron chi connectivity index (χ0n) is 13.8. The van der Waals surface area contributed by atoms with Crippen molar-refractivity contribution < 1.29 is 9.53 Å². The summed E-state index contributed by atoms with van der Waals surface area (Å²) in [7, 11) is 1.64. The second kappa shape index (κ2) is 6.69. The highest BCUT2D eigenvalue weighted by molar-refractivity contribution is 7.99. The van der Waals surface area contributed by atoms with Gasteiger partial charge in [-0.2, -0.15) is 0 Å². The summed E-state index contributed by atoms with van der Waals surface area (Å²) >= 11 is 7.46. The number of thioether (sulfide) groups is 1. The van der Waals surface area contributed by atoms with E-state index in [0.717, 1.165) is 17.1 Å². The lowest BCUT2D eigenvalue weighted by molar-refractivity contribution is -0.127. The molecule has 128 valence electrons. The summed E-state index contributed by atoms with van der Waals surface area (Å²) < 4.78 is 5.19. The standard InChI is InChI=1S/C19H18N2O2S2/c1-23-15-9-7-13(8-10-15)11-20-17(22)16-12-25-18(21(16)19(20)24)14-5-3-2-4-6-14/h2-10,16,18H,11-12H2,1H3/t16-,18?/m0/s1. The van der Waals surface area contributed by atoms with Crippen molar-refractivity contribution in [2.24, 2.45) is 0 Å². The third-order valence-corrected chi connectivity index (χ3v) is 6.34. The zero-order valence-corrected chi connectivity index (χ0v) is 15.4. The molecule has 2 aliphatic rings. The van der Waals surface area contributed by atoms with Gasteiger partial charge in [0.25, 0.3) is 5.91 Å². The van der Waals surface area contributed by atoms with Crippen LogP contribution in [0.4, 0.5) is 0 Å². The molecule has 0 radical (unpaired) electrons. The summed E-state index contributed by atoms with van der Waals surface area (Å²) in [6.45, 7) is 0.501. The van der Waals surface area contributed by atoms with E-state index in [1.807, 2.05) is 42.5 Å². The molecular formula is C19H18N2O2S2. The Labute approximate surface area is 156 Å². The van der Waals surface area contributed by atoms with Gasteiger partial charge in [-0.25, -0.2) is 0 Å². The van der Waals surface area contributed by atoms with Gasteiger partial charge in [0.05, 0.1) is 13.7 Å². The van der Waals surface area contributed by atoms with Gasteiger partial charge in [0.15, 0.2) is 5.11 Å². The lowest BCUT2D eigenvalue weighted by atomic mass is 10.2. The van der Waals surface area contributed by atoms with E-state index in [1.165, 1.54) is 5.56 Å². The maximum absolute atomic E-state index is 12.9. The van der Waals surface area contributed by atoms with Crippen molar-refractivity contribution >= 4 is 35.0 Å². The van der Waals surface area contributed by atoms with Gasteiger partial charge in [-0.05, 0) is 35.5 Å². The number of thiocarbonyl (C=S) groups is 1. The first-order valence-corrected chi connectivity index (χ1v) is 9.58. The summed E-state index contributed by atoms with van der Waals surface area (Å²) in [4.78, 5) is 16.7. The van der Waals surface area contributed by atoms with Crippen LogP contribution in [0.3, 0.4) is 0 Å².